The van der Waals surface area contributed by atoms with Gasteiger partial charge in [0.25, 0.3) is 0 Å². The zero-order valence-electron chi connectivity index (χ0n) is 8.06. The van der Waals surface area contributed by atoms with E-state index in [1.807, 2.05) is 0 Å². The molecule has 0 bridgehead atoms. The number of esters is 1. The summed E-state index contributed by atoms with van der Waals surface area (Å²) in [6.07, 6.45) is 3.22. The number of hydrogen-bond acceptors (Lipinski definition) is 4. The van der Waals surface area contributed by atoms with Gasteiger partial charge in [-0.1, -0.05) is 0 Å². The van der Waals surface area contributed by atoms with E-state index in [1.165, 1.54) is 18.6 Å². The maximum atomic E-state index is 11.2. The SMILES string of the molecule is NC(=O)NCCCOC(=O)c1ccoc1. The highest BCUT2D eigenvalue weighted by molar-refractivity contribution is 5.88. The standard InChI is InChI=1S/C9H12N2O4/c10-9(13)11-3-1-4-15-8(12)7-2-5-14-6-7/h2,5-6H,1,3-4H2,(H3,10,11,13). The second-order valence-corrected chi connectivity index (χ2v) is 2.79. The van der Waals surface area contributed by atoms with Crippen LogP contribution in [0.4, 0.5) is 4.79 Å². The lowest BCUT2D eigenvalue weighted by molar-refractivity contribution is 0.0501. The maximum Gasteiger partial charge on any atom is 0.341 e. The van der Waals surface area contributed by atoms with E-state index >= 15 is 0 Å². The van der Waals surface area contributed by atoms with Crippen molar-refractivity contribution in [1.29, 1.82) is 0 Å². The summed E-state index contributed by atoms with van der Waals surface area (Å²) in [6.45, 7) is 0.609. The van der Waals surface area contributed by atoms with Gasteiger partial charge in [0, 0.05) is 6.54 Å². The van der Waals surface area contributed by atoms with Gasteiger partial charge < -0.3 is 20.2 Å². The summed E-state index contributed by atoms with van der Waals surface area (Å²) >= 11 is 0. The van der Waals surface area contributed by atoms with Crippen molar-refractivity contribution in [2.75, 3.05) is 13.2 Å². The quantitative estimate of drug-likeness (QED) is 0.548. The number of nitrogens with two attached hydrogens (primary N) is 1. The third-order valence-electron chi connectivity index (χ3n) is 1.61. The molecule has 0 radical (unpaired) electrons. The Hall–Kier alpha value is -1.98. The molecule has 6 heteroatoms. The fourth-order valence-corrected chi connectivity index (χ4v) is 0.913. The summed E-state index contributed by atoms with van der Waals surface area (Å²) in [5.74, 6) is -0.442. The average Bonchev–Trinajstić information content (AvgIpc) is 2.69. The number of hydrogen-bond donors (Lipinski definition) is 2. The van der Waals surface area contributed by atoms with E-state index in [-0.39, 0.29) is 6.61 Å². The highest BCUT2D eigenvalue weighted by Gasteiger charge is 2.07. The first-order valence-electron chi connectivity index (χ1n) is 4.43. The topological polar surface area (TPSA) is 94.6 Å². The van der Waals surface area contributed by atoms with E-state index in [1.54, 1.807) is 0 Å². The lowest BCUT2D eigenvalue weighted by atomic mass is 10.3. The van der Waals surface area contributed by atoms with Gasteiger partial charge in [0.1, 0.15) is 6.26 Å². The first-order chi connectivity index (χ1) is 7.20. The zero-order valence-corrected chi connectivity index (χ0v) is 8.06. The van der Waals surface area contributed by atoms with Crippen molar-refractivity contribution in [3.63, 3.8) is 0 Å². The van der Waals surface area contributed by atoms with Crippen LogP contribution in [0.2, 0.25) is 0 Å². The number of rotatable bonds is 5. The molecular formula is C9H12N2O4. The van der Waals surface area contributed by atoms with Crippen molar-refractivity contribution in [2.24, 2.45) is 5.73 Å². The molecule has 15 heavy (non-hydrogen) atoms. The molecule has 0 fully saturated rings. The Labute approximate surface area is 86.4 Å². The van der Waals surface area contributed by atoms with Crippen LogP contribution in [-0.2, 0) is 4.74 Å². The van der Waals surface area contributed by atoms with Crippen LogP contribution in [0, 0.1) is 0 Å². The number of urea groups is 1. The van der Waals surface area contributed by atoms with Crippen LogP contribution >= 0.6 is 0 Å². The summed E-state index contributed by atoms with van der Waals surface area (Å²) < 4.78 is 9.60. The number of carbonyl (C=O) groups excluding carboxylic acids is 2. The lowest BCUT2D eigenvalue weighted by Gasteiger charge is -2.03. The van der Waals surface area contributed by atoms with E-state index in [9.17, 15) is 9.59 Å². The van der Waals surface area contributed by atoms with E-state index < -0.39 is 12.0 Å². The summed E-state index contributed by atoms with van der Waals surface area (Å²) in [5.41, 5.74) is 5.21. The van der Waals surface area contributed by atoms with Gasteiger partial charge in [-0.15, -0.1) is 0 Å². The minimum Gasteiger partial charge on any atom is -0.472 e. The molecule has 0 aliphatic rings. The molecule has 1 aromatic heterocycles. The second kappa shape index (κ2) is 5.69. The van der Waals surface area contributed by atoms with Crippen molar-refractivity contribution in [1.82, 2.24) is 5.32 Å². The van der Waals surface area contributed by atoms with Gasteiger partial charge >= 0.3 is 12.0 Å². The lowest BCUT2D eigenvalue weighted by Crippen LogP contribution is -2.30. The van der Waals surface area contributed by atoms with Crippen molar-refractivity contribution < 1.29 is 18.7 Å². The smallest absolute Gasteiger partial charge is 0.341 e. The predicted octanol–water partition coefficient (Wildman–Crippen LogP) is 0.495. The molecule has 0 aromatic carbocycles. The third-order valence-corrected chi connectivity index (χ3v) is 1.61. The molecule has 0 spiro atoms. The summed E-state index contributed by atoms with van der Waals surface area (Å²) in [5, 5.41) is 2.38. The van der Waals surface area contributed by atoms with E-state index in [2.05, 4.69) is 5.32 Å². The zero-order chi connectivity index (χ0) is 11.1. The summed E-state index contributed by atoms with van der Waals surface area (Å²) in [4.78, 5) is 21.5. The van der Waals surface area contributed by atoms with Crippen molar-refractivity contribution in [3.8, 4) is 0 Å². The Balaban J connectivity index is 2.10. The molecular weight excluding hydrogens is 200 g/mol. The first kappa shape index (κ1) is 11.1. The van der Waals surface area contributed by atoms with Gasteiger partial charge in [0.05, 0.1) is 18.4 Å². The Morgan fingerprint density at radius 2 is 2.33 bits per heavy atom. The normalized spacial score (nSPS) is 9.60. The molecule has 1 heterocycles. The predicted molar refractivity (Wildman–Crippen MR) is 51.2 cm³/mol. The molecule has 2 amide bonds. The Kier molecular flexibility index (Phi) is 4.21. The van der Waals surface area contributed by atoms with Crippen LogP contribution in [0.5, 0.6) is 0 Å². The number of carbonyl (C=O) groups is 2. The molecule has 0 atom stereocenters. The highest BCUT2D eigenvalue weighted by atomic mass is 16.5. The molecule has 1 rings (SSSR count). The fraction of sp³-hybridized carbons (Fsp3) is 0.333. The van der Waals surface area contributed by atoms with E-state index in [4.69, 9.17) is 14.9 Å². The van der Waals surface area contributed by atoms with Gasteiger partial charge in [-0.05, 0) is 12.5 Å². The largest absolute Gasteiger partial charge is 0.472 e. The molecule has 0 unspecified atom stereocenters. The van der Waals surface area contributed by atoms with Crippen molar-refractivity contribution >= 4 is 12.0 Å². The molecule has 6 nitrogen and oxygen atoms in total. The van der Waals surface area contributed by atoms with Gasteiger partial charge in [0.2, 0.25) is 0 Å². The van der Waals surface area contributed by atoms with Crippen LogP contribution in [0.15, 0.2) is 23.0 Å². The monoisotopic (exact) mass is 212 g/mol. The van der Waals surface area contributed by atoms with Crippen LogP contribution in [0.25, 0.3) is 0 Å². The first-order valence-corrected chi connectivity index (χ1v) is 4.43. The third kappa shape index (κ3) is 4.17. The van der Waals surface area contributed by atoms with E-state index in [0.29, 0.717) is 18.5 Å². The second-order valence-electron chi connectivity index (χ2n) is 2.79. The van der Waals surface area contributed by atoms with Gasteiger partial charge in [-0.3, -0.25) is 0 Å². The molecule has 0 aliphatic carbocycles. The molecule has 0 saturated carbocycles. The molecule has 82 valence electrons. The number of primary amides is 1. The fourth-order valence-electron chi connectivity index (χ4n) is 0.913. The van der Waals surface area contributed by atoms with Crippen molar-refractivity contribution in [3.05, 3.63) is 24.2 Å². The maximum absolute atomic E-state index is 11.2. The number of amides is 2. The van der Waals surface area contributed by atoms with Gasteiger partial charge in [-0.25, -0.2) is 9.59 Å². The average molecular weight is 212 g/mol. The van der Waals surface area contributed by atoms with Gasteiger partial charge in [-0.2, -0.15) is 0 Å². The van der Waals surface area contributed by atoms with Crippen LogP contribution in [-0.4, -0.2) is 25.2 Å². The highest BCUT2D eigenvalue weighted by Crippen LogP contribution is 2.02. The van der Waals surface area contributed by atoms with Crippen LogP contribution in [0.3, 0.4) is 0 Å². The Morgan fingerprint density at radius 1 is 1.53 bits per heavy atom. The Bertz CT molecular complexity index is 321. The van der Waals surface area contributed by atoms with E-state index in [0.717, 1.165) is 0 Å². The number of ether oxygens (including phenoxy) is 1. The van der Waals surface area contributed by atoms with Crippen LogP contribution < -0.4 is 11.1 Å². The Morgan fingerprint density at radius 3 is 2.93 bits per heavy atom. The van der Waals surface area contributed by atoms with Crippen molar-refractivity contribution in [2.45, 2.75) is 6.42 Å². The summed E-state index contributed by atoms with van der Waals surface area (Å²) in [7, 11) is 0. The molecule has 3 N–H and O–H groups in total. The summed E-state index contributed by atoms with van der Waals surface area (Å²) in [6, 6.07) is 0.931. The minimum atomic E-state index is -0.587. The molecule has 0 aliphatic heterocycles. The number of furan rings is 1. The molecule has 0 saturated heterocycles. The number of nitrogens with one attached hydrogen (secondary N) is 1. The van der Waals surface area contributed by atoms with Crippen LogP contribution in [0.1, 0.15) is 16.8 Å². The minimum absolute atomic E-state index is 0.226. The molecule has 1 aromatic rings. The van der Waals surface area contributed by atoms with Gasteiger partial charge in [0.15, 0.2) is 0 Å².